The first kappa shape index (κ1) is 18.8. The van der Waals surface area contributed by atoms with E-state index in [1.54, 1.807) is 0 Å². The number of nitrogens with zero attached hydrogens (tertiary/aromatic N) is 2. The Labute approximate surface area is 159 Å². The second-order valence-corrected chi connectivity index (χ2v) is 8.23. The summed E-state index contributed by atoms with van der Waals surface area (Å²) in [5.41, 5.74) is 0.883. The highest BCUT2D eigenvalue weighted by Gasteiger charge is 2.41. The summed E-state index contributed by atoms with van der Waals surface area (Å²) in [6, 6.07) is 7.50. The fraction of sp³-hybridized carbons (Fsp3) is 0.579. The summed E-state index contributed by atoms with van der Waals surface area (Å²) in [5.74, 6) is -0.172. The van der Waals surface area contributed by atoms with Gasteiger partial charge in [0, 0.05) is 36.4 Å². The van der Waals surface area contributed by atoms with E-state index >= 15 is 0 Å². The number of hydrogen-bond acceptors (Lipinski definition) is 3. The van der Waals surface area contributed by atoms with Crippen LogP contribution < -0.4 is 10.2 Å². The van der Waals surface area contributed by atoms with E-state index in [2.05, 4.69) is 24.1 Å². The van der Waals surface area contributed by atoms with Crippen molar-refractivity contribution in [1.29, 1.82) is 0 Å². The number of hydrogen-bond donors (Lipinski definition) is 2. The van der Waals surface area contributed by atoms with Crippen molar-refractivity contribution in [2.75, 3.05) is 24.5 Å². The molecule has 0 radical (unpaired) electrons. The van der Waals surface area contributed by atoms with Gasteiger partial charge in [-0.25, -0.2) is 4.79 Å². The summed E-state index contributed by atoms with van der Waals surface area (Å²) >= 11 is 5.99. The number of piperazine rings is 1. The first-order valence-corrected chi connectivity index (χ1v) is 9.47. The van der Waals surface area contributed by atoms with E-state index in [1.165, 1.54) is 0 Å². The van der Waals surface area contributed by atoms with Crippen molar-refractivity contribution in [2.24, 2.45) is 5.92 Å². The standard InChI is InChI=1S/C19H26ClN3O3/c1-19(2)12-22(10-11-23(19)14-8-6-13(20)7-9-14)17(24)15-4-3-5-16(15)21-18(25)26/h6-9,15-16,21H,3-5,10-12H2,1-2H3,(H,25,26)/t15-,16-/m0/s1. The Hall–Kier alpha value is -1.95. The van der Waals surface area contributed by atoms with E-state index in [1.807, 2.05) is 29.2 Å². The Kier molecular flexibility index (Phi) is 5.32. The number of rotatable bonds is 3. The third-order valence-corrected chi connectivity index (χ3v) is 5.75. The van der Waals surface area contributed by atoms with Gasteiger partial charge >= 0.3 is 6.09 Å². The Bertz CT molecular complexity index is 677. The number of nitrogens with one attached hydrogen (secondary N) is 1. The molecule has 0 spiro atoms. The van der Waals surface area contributed by atoms with Crippen LogP contribution in [0.3, 0.4) is 0 Å². The van der Waals surface area contributed by atoms with Crippen molar-refractivity contribution < 1.29 is 14.7 Å². The molecule has 1 aromatic carbocycles. The summed E-state index contributed by atoms with van der Waals surface area (Å²) < 4.78 is 0. The molecule has 2 atom stereocenters. The van der Waals surface area contributed by atoms with Gasteiger partial charge in [0.25, 0.3) is 0 Å². The lowest BCUT2D eigenvalue weighted by Crippen LogP contribution is -2.62. The van der Waals surface area contributed by atoms with E-state index in [0.29, 0.717) is 18.1 Å². The van der Waals surface area contributed by atoms with Gasteiger partial charge in [-0.15, -0.1) is 0 Å². The maximum Gasteiger partial charge on any atom is 0.404 e. The molecule has 3 rings (SSSR count). The SMILES string of the molecule is CC1(C)CN(C(=O)[C@H]2CCC[C@@H]2NC(=O)O)CCN1c1ccc(Cl)cc1. The maximum atomic E-state index is 13.0. The molecule has 2 aliphatic rings. The second-order valence-electron chi connectivity index (χ2n) is 7.79. The molecular weight excluding hydrogens is 354 g/mol. The van der Waals surface area contributed by atoms with Crippen LogP contribution in [0, 0.1) is 5.92 Å². The Morgan fingerprint density at radius 3 is 2.50 bits per heavy atom. The Morgan fingerprint density at radius 2 is 1.88 bits per heavy atom. The van der Waals surface area contributed by atoms with Gasteiger partial charge in [-0.1, -0.05) is 18.0 Å². The molecule has 0 aromatic heterocycles. The molecule has 26 heavy (non-hydrogen) atoms. The van der Waals surface area contributed by atoms with E-state index in [9.17, 15) is 9.59 Å². The lowest BCUT2D eigenvalue weighted by molar-refractivity contribution is -0.137. The third kappa shape index (κ3) is 3.90. The van der Waals surface area contributed by atoms with Crippen LogP contribution in [0.25, 0.3) is 0 Å². The number of halogens is 1. The largest absolute Gasteiger partial charge is 0.465 e. The highest BCUT2D eigenvalue weighted by atomic mass is 35.5. The molecule has 1 saturated carbocycles. The van der Waals surface area contributed by atoms with Crippen LogP contribution in [0.1, 0.15) is 33.1 Å². The number of anilines is 1. The predicted molar refractivity (Wildman–Crippen MR) is 102 cm³/mol. The molecule has 142 valence electrons. The van der Waals surface area contributed by atoms with Crippen LogP contribution in [-0.2, 0) is 4.79 Å². The molecule has 2 amide bonds. The molecular formula is C19H26ClN3O3. The first-order valence-electron chi connectivity index (χ1n) is 9.09. The van der Waals surface area contributed by atoms with Crippen LogP contribution in [0.2, 0.25) is 5.02 Å². The molecule has 1 heterocycles. The molecule has 7 heteroatoms. The summed E-state index contributed by atoms with van der Waals surface area (Å²) in [4.78, 5) is 28.2. The lowest BCUT2D eigenvalue weighted by Gasteiger charge is -2.49. The Morgan fingerprint density at radius 1 is 1.19 bits per heavy atom. The molecule has 1 aromatic rings. The van der Waals surface area contributed by atoms with Crippen molar-refractivity contribution in [3.05, 3.63) is 29.3 Å². The minimum atomic E-state index is -1.05. The summed E-state index contributed by atoms with van der Waals surface area (Å²) in [5, 5.41) is 12.2. The van der Waals surface area contributed by atoms with E-state index in [4.69, 9.17) is 16.7 Å². The van der Waals surface area contributed by atoms with Gasteiger partial charge in [0.05, 0.1) is 11.5 Å². The topological polar surface area (TPSA) is 72.9 Å². The minimum Gasteiger partial charge on any atom is -0.465 e. The zero-order valence-corrected chi connectivity index (χ0v) is 16.0. The normalized spacial score (nSPS) is 25.2. The fourth-order valence-electron chi connectivity index (χ4n) is 4.26. The van der Waals surface area contributed by atoms with Gasteiger partial charge in [-0.05, 0) is 51.0 Å². The summed E-state index contributed by atoms with van der Waals surface area (Å²) in [7, 11) is 0. The van der Waals surface area contributed by atoms with Crippen LogP contribution in [0.15, 0.2) is 24.3 Å². The number of amides is 2. The molecule has 1 saturated heterocycles. The molecule has 0 unspecified atom stereocenters. The van der Waals surface area contributed by atoms with Crippen molar-refractivity contribution in [3.8, 4) is 0 Å². The van der Waals surface area contributed by atoms with Crippen LogP contribution in [0.5, 0.6) is 0 Å². The van der Waals surface area contributed by atoms with Gasteiger partial charge in [-0.2, -0.15) is 0 Å². The van der Waals surface area contributed by atoms with Crippen LogP contribution in [-0.4, -0.2) is 53.2 Å². The van der Waals surface area contributed by atoms with Crippen molar-refractivity contribution in [3.63, 3.8) is 0 Å². The highest BCUT2D eigenvalue weighted by molar-refractivity contribution is 6.30. The first-order chi connectivity index (χ1) is 12.3. The molecule has 1 aliphatic heterocycles. The van der Waals surface area contributed by atoms with E-state index in [0.717, 1.165) is 31.5 Å². The zero-order valence-electron chi connectivity index (χ0n) is 15.2. The third-order valence-electron chi connectivity index (χ3n) is 5.49. The minimum absolute atomic E-state index is 0.0741. The predicted octanol–water partition coefficient (Wildman–Crippen LogP) is 3.20. The Balaban J connectivity index is 1.69. The van der Waals surface area contributed by atoms with Gasteiger partial charge in [0.15, 0.2) is 0 Å². The second kappa shape index (κ2) is 7.35. The smallest absolute Gasteiger partial charge is 0.404 e. The number of carbonyl (C=O) groups excluding carboxylic acids is 1. The van der Waals surface area contributed by atoms with Crippen molar-refractivity contribution >= 4 is 29.3 Å². The van der Waals surface area contributed by atoms with Crippen molar-refractivity contribution in [1.82, 2.24) is 10.2 Å². The molecule has 6 nitrogen and oxygen atoms in total. The molecule has 2 N–H and O–H groups in total. The monoisotopic (exact) mass is 379 g/mol. The number of carboxylic acid groups (broad SMARTS) is 1. The number of carbonyl (C=O) groups is 2. The van der Waals surface area contributed by atoms with E-state index in [-0.39, 0.29) is 23.4 Å². The average Bonchev–Trinajstić information content (AvgIpc) is 3.01. The maximum absolute atomic E-state index is 13.0. The fourth-order valence-corrected chi connectivity index (χ4v) is 4.39. The quantitative estimate of drug-likeness (QED) is 0.845. The summed E-state index contributed by atoms with van der Waals surface area (Å²) in [6.45, 7) is 6.25. The van der Waals surface area contributed by atoms with Gasteiger partial charge in [0.1, 0.15) is 0 Å². The lowest BCUT2D eigenvalue weighted by atomic mass is 9.95. The van der Waals surface area contributed by atoms with Crippen LogP contribution in [0.4, 0.5) is 10.5 Å². The average molecular weight is 380 g/mol. The van der Waals surface area contributed by atoms with Crippen LogP contribution >= 0.6 is 11.6 Å². The molecule has 1 aliphatic carbocycles. The molecule has 2 fully saturated rings. The van der Waals surface area contributed by atoms with Crippen molar-refractivity contribution in [2.45, 2.75) is 44.7 Å². The summed E-state index contributed by atoms with van der Waals surface area (Å²) in [6.07, 6.45) is 1.32. The van der Waals surface area contributed by atoms with E-state index < -0.39 is 6.09 Å². The zero-order chi connectivity index (χ0) is 18.9. The van der Waals surface area contributed by atoms with Gasteiger partial charge in [-0.3, -0.25) is 4.79 Å². The molecule has 0 bridgehead atoms. The van der Waals surface area contributed by atoms with Gasteiger partial charge < -0.3 is 20.2 Å². The number of benzene rings is 1. The van der Waals surface area contributed by atoms with Gasteiger partial charge in [0.2, 0.25) is 5.91 Å². The highest BCUT2D eigenvalue weighted by Crippen LogP contribution is 2.32.